The summed E-state index contributed by atoms with van der Waals surface area (Å²) in [5.74, 6) is 1.77. The molecule has 4 N–H and O–H groups in total. The summed E-state index contributed by atoms with van der Waals surface area (Å²) in [6.07, 6.45) is 11.0. The Morgan fingerprint density at radius 3 is 1.67 bits per heavy atom. The Morgan fingerprint density at radius 1 is 0.762 bits per heavy atom. The number of hydrogen-bond acceptors (Lipinski definition) is 4. The molecule has 21 heavy (non-hydrogen) atoms. The molecule has 1 spiro atoms. The van der Waals surface area contributed by atoms with Crippen LogP contribution in [0.4, 0.5) is 0 Å². The highest BCUT2D eigenvalue weighted by Gasteiger charge is 2.43. The molecular weight excluding hydrogens is 264 g/mol. The number of rotatable bonds is 10. The minimum absolute atomic E-state index is 0.641. The molecule has 0 aromatic rings. The average Bonchev–Trinajstić information content (AvgIpc) is 3.08. The fourth-order valence-corrected chi connectivity index (χ4v) is 4.43. The molecule has 2 aliphatic carbocycles. The van der Waals surface area contributed by atoms with Crippen molar-refractivity contribution in [3.05, 3.63) is 0 Å². The number of ether oxygens (including phenoxy) is 2. The summed E-state index contributed by atoms with van der Waals surface area (Å²) in [5.41, 5.74) is 11.6. The van der Waals surface area contributed by atoms with Crippen LogP contribution in [-0.4, -0.2) is 39.5 Å². The molecular formula is C17H34N2O2. The molecule has 0 radical (unpaired) electrons. The van der Waals surface area contributed by atoms with Crippen LogP contribution in [0.15, 0.2) is 0 Å². The fraction of sp³-hybridized carbons (Fsp3) is 1.00. The Hall–Kier alpha value is -0.160. The Kier molecular flexibility index (Phi) is 7.44. The minimum Gasteiger partial charge on any atom is -0.380 e. The Morgan fingerprint density at radius 2 is 1.24 bits per heavy atom. The van der Waals surface area contributed by atoms with Gasteiger partial charge in [-0.2, -0.15) is 0 Å². The maximum atomic E-state index is 5.54. The molecule has 4 heteroatoms. The largest absolute Gasteiger partial charge is 0.380 e. The second-order valence-corrected chi connectivity index (χ2v) is 7.10. The van der Waals surface area contributed by atoms with Gasteiger partial charge in [0.15, 0.2) is 0 Å². The predicted octanol–water partition coefficient (Wildman–Crippen LogP) is 2.30. The van der Waals surface area contributed by atoms with Crippen molar-refractivity contribution in [1.29, 1.82) is 0 Å². The topological polar surface area (TPSA) is 70.5 Å². The highest BCUT2D eigenvalue weighted by atomic mass is 16.5. The van der Waals surface area contributed by atoms with Crippen LogP contribution >= 0.6 is 0 Å². The molecule has 0 aromatic carbocycles. The Bertz CT molecular complexity index is 258. The summed E-state index contributed by atoms with van der Waals surface area (Å²) in [6, 6.07) is 0. The summed E-state index contributed by atoms with van der Waals surface area (Å²) in [5, 5.41) is 0. The van der Waals surface area contributed by atoms with Gasteiger partial charge in [0, 0.05) is 26.3 Å². The van der Waals surface area contributed by atoms with Crippen molar-refractivity contribution in [2.45, 2.75) is 51.4 Å². The van der Waals surface area contributed by atoms with E-state index in [2.05, 4.69) is 0 Å². The molecule has 0 heterocycles. The molecule has 0 bridgehead atoms. The zero-order chi connectivity index (χ0) is 15.0. The molecule has 4 nitrogen and oxygen atoms in total. The highest BCUT2D eigenvalue weighted by Crippen LogP contribution is 2.55. The molecule has 0 amide bonds. The second kappa shape index (κ2) is 9.09. The molecule has 0 aliphatic heterocycles. The van der Waals surface area contributed by atoms with Crippen molar-refractivity contribution < 1.29 is 9.47 Å². The van der Waals surface area contributed by atoms with E-state index in [1.54, 1.807) is 0 Å². The lowest BCUT2D eigenvalue weighted by Gasteiger charge is -2.24. The number of nitrogens with two attached hydrogens (primary N) is 2. The van der Waals surface area contributed by atoms with Crippen molar-refractivity contribution >= 4 is 0 Å². The van der Waals surface area contributed by atoms with E-state index < -0.39 is 0 Å². The van der Waals surface area contributed by atoms with Gasteiger partial charge in [0.2, 0.25) is 0 Å². The van der Waals surface area contributed by atoms with Crippen molar-refractivity contribution in [3.63, 3.8) is 0 Å². The van der Waals surface area contributed by atoms with Crippen molar-refractivity contribution in [2.24, 2.45) is 28.7 Å². The zero-order valence-corrected chi connectivity index (χ0v) is 13.5. The van der Waals surface area contributed by atoms with Crippen molar-refractivity contribution in [2.75, 3.05) is 39.5 Å². The SMILES string of the molecule is NCCOCC[C@@H]1CCC2(CC[C@H](CCOCCN)C2)C1. The Balaban J connectivity index is 1.61. The van der Waals surface area contributed by atoms with E-state index in [9.17, 15) is 0 Å². The summed E-state index contributed by atoms with van der Waals surface area (Å²) in [4.78, 5) is 0. The van der Waals surface area contributed by atoms with E-state index in [1.807, 2.05) is 0 Å². The van der Waals surface area contributed by atoms with E-state index in [0.717, 1.165) is 25.0 Å². The summed E-state index contributed by atoms with van der Waals surface area (Å²) in [6.45, 7) is 4.50. The standard InChI is InChI=1S/C17H34N2O2/c18-7-11-20-9-3-15-1-5-17(13-15)6-2-16(14-17)4-10-21-12-8-19/h15-16H,1-14,18-19H2/t15-,16+,17?. The molecule has 2 aliphatic rings. The average molecular weight is 298 g/mol. The third kappa shape index (κ3) is 5.51. The minimum atomic E-state index is 0.641. The monoisotopic (exact) mass is 298 g/mol. The van der Waals surface area contributed by atoms with Crippen LogP contribution in [0.25, 0.3) is 0 Å². The first-order valence-corrected chi connectivity index (χ1v) is 8.83. The molecule has 0 aromatic heterocycles. The third-order valence-electron chi connectivity index (χ3n) is 5.47. The lowest BCUT2D eigenvalue weighted by Crippen LogP contribution is -2.15. The normalized spacial score (nSPS) is 32.3. The van der Waals surface area contributed by atoms with Crippen molar-refractivity contribution in [1.82, 2.24) is 0 Å². The van der Waals surface area contributed by atoms with Crippen LogP contribution in [0.3, 0.4) is 0 Å². The molecule has 2 saturated carbocycles. The summed E-state index contributed by atoms with van der Waals surface area (Å²) < 4.78 is 11.1. The summed E-state index contributed by atoms with van der Waals surface area (Å²) in [7, 11) is 0. The fourth-order valence-electron chi connectivity index (χ4n) is 4.43. The van der Waals surface area contributed by atoms with Gasteiger partial charge in [0.05, 0.1) is 13.2 Å². The first-order chi connectivity index (χ1) is 10.3. The van der Waals surface area contributed by atoms with Gasteiger partial charge in [-0.05, 0) is 68.6 Å². The molecule has 124 valence electrons. The predicted molar refractivity (Wildman–Crippen MR) is 86.1 cm³/mol. The second-order valence-electron chi connectivity index (χ2n) is 7.10. The highest BCUT2D eigenvalue weighted by molar-refractivity contribution is 4.95. The third-order valence-corrected chi connectivity index (χ3v) is 5.47. The van der Waals surface area contributed by atoms with E-state index in [1.165, 1.54) is 51.4 Å². The molecule has 3 atom stereocenters. The van der Waals surface area contributed by atoms with E-state index in [4.69, 9.17) is 20.9 Å². The van der Waals surface area contributed by atoms with Gasteiger partial charge in [-0.1, -0.05) is 0 Å². The zero-order valence-electron chi connectivity index (χ0n) is 13.5. The quantitative estimate of drug-likeness (QED) is 0.607. The van der Waals surface area contributed by atoms with E-state index >= 15 is 0 Å². The van der Waals surface area contributed by atoms with Gasteiger partial charge < -0.3 is 20.9 Å². The van der Waals surface area contributed by atoms with E-state index in [-0.39, 0.29) is 0 Å². The molecule has 2 rings (SSSR count). The lowest BCUT2D eigenvalue weighted by molar-refractivity contribution is 0.122. The molecule has 2 fully saturated rings. The summed E-state index contributed by atoms with van der Waals surface area (Å²) >= 11 is 0. The maximum absolute atomic E-state index is 5.54. The van der Waals surface area contributed by atoms with Crippen LogP contribution < -0.4 is 11.5 Å². The maximum Gasteiger partial charge on any atom is 0.0588 e. The number of hydrogen-bond donors (Lipinski definition) is 2. The molecule has 1 unspecified atom stereocenters. The van der Waals surface area contributed by atoms with Gasteiger partial charge in [-0.15, -0.1) is 0 Å². The van der Waals surface area contributed by atoms with Crippen LogP contribution in [-0.2, 0) is 9.47 Å². The van der Waals surface area contributed by atoms with E-state index in [0.29, 0.717) is 31.7 Å². The molecule has 0 saturated heterocycles. The van der Waals surface area contributed by atoms with Gasteiger partial charge in [-0.25, -0.2) is 0 Å². The first kappa shape index (κ1) is 17.2. The van der Waals surface area contributed by atoms with Crippen LogP contribution in [0, 0.1) is 17.3 Å². The lowest BCUT2D eigenvalue weighted by atomic mass is 9.82. The van der Waals surface area contributed by atoms with Gasteiger partial charge in [0.25, 0.3) is 0 Å². The van der Waals surface area contributed by atoms with Gasteiger partial charge in [-0.3, -0.25) is 0 Å². The first-order valence-electron chi connectivity index (χ1n) is 8.83. The van der Waals surface area contributed by atoms with Gasteiger partial charge >= 0.3 is 0 Å². The van der Waals surface area contributed by atoms with Crippen LogP contribution in [0.2, 0.25) is 0 Å². The van der Waals surface area contributed by atoms with Crippen LogP contribution in [0.1, 0.15) is 51.4 Å². The smallest absolute Gasteiger partial charge is 0.0588 e. The van der Waals surface area contributed by atoms with Gasteiger partial charge in [0.1, 0.15) is 0 Å². The van der Waals surface area contributed by atoms with Crippen LogP contribution in [0.5, 0.6) is 0 Å². The van der Waals surface area contributed by atoms with Crippen molar-refractivity contribution in [3.8, 4) is 0 Å². The Labute approximate surface area is 129 Å².